The lowest BCUT2D eigenvalue weighted by molar-refractivity contribution is 0.415. The second-order valence-corrected chi connectivity index (χ2v) is 3.45. The highest BCUT2D eigenvalue weighted by Gasteiger charge is 2.06. The summed E-state index contributed by atoms with van der Waals surface area (Å²) in [5.41, 5.74) is 9.06. The summed E-state index contributed by atoms with van der Waals surface area (Å²) >= 11 is 0. The van der Waals surface area contributed by atoms with Gasteiger partial charge in [0, 0.05) is 5.56 Å². The van der Waals surface area contributed by atoms with Gasteiger partial charge in [-0.1, -0.05) is 0 Å². The van der Waals surface area contributed by atoms with E-state index in [-0.39, 0.29) is 0 Å². The van der Waals surface area contributed by atoms with Crippen LogP contribution in [0.4, 0.5) is 5.69 Å². The molecule has 2 rings (SSSR count). The largest absolute Gasteiger partial charge is 0.497 e. The van der Waals surface area contributed by atoms with E-state index in [1.165, 1.54) is 6.33 Å². The first-order valence-electron chi connectivity index (χ1n) is 4.94. The summed E-state index contributed by atoms with van der Waals surface area (Å²) in [4.78, 5) is 8.23. The number of benzene rings is 1. The summed E-state index contributed by atoms with van der Waals surface area (Å²) in [6, 6.07) is 7.62. The number of methoxy groups -OCH3 is 1. The van der Waals surface area contributed by atoms with Crippen molar-refractivity contribution in [3.05, 3.63) is 36.3 Å². The van der Waals surface area contributed by atoms with Crippen molar-refractivity contribution in [2.45, 2.75) is 6.92 Å². The molecule has 0 aliphatic rings. The molecule has 0 radical (unpaired) electrons. The molecule has 0 spiro atoms. The van der Waals surface area contributed by atoms with Gasteiger partial charge < -0.3 is 10.5 Å². The van der Waals surface area contributed by atoms with Crippen LogP contribution in [0.2, 0.25) is 0 Å². The topological polar surface area (TPSA) is 61.0 Å². The molecule has 0 aliphatic heterocycles. The molecule has 0 fully saturated rings. The number of nitrogens with two attached hydrogens (primary N) is 1. The molecule has 2 N–H and O–H groups in total. The first kappa shape index (κ1) is 10.4. The van der Waals surface area contributed by atoms with E-state index in [4.69, 9.17) is 10.5 Å². The number of aromatic nitrogens is 2. The summed E-state index contributed by atoms with van der Waals surface area (Å²) in [5, 5.41) is 0. The summed E-state index contributed by atoms with van der Waals surface area (Å²) in [6.07, 6.45) is 1.52. The molecule has 0 bridgehead atoms. The number of nitrogens with zero attached hydrogens (tertiary/aromatic N) is 2. The van der Waals surface area contributed by atoms with Crippen LogP contribution in [0.5, 0.6) is 5.75 Å². The van der Waals surface area contributed by atoms with Gasteiger partial charge in [0.25, 0.3) is 0 Å². The van der Waals surface area contributed by atoms with Crippen molar-refractivity contribution in [3.63, 3.8) is 0 Å². The molecule has 4 heteroatoms. The highest BCUT2D eigenvalue weighted by atomic mass is 16.5. The monoisotopic (exact) mass is 215 g/mol. The van der Waals surface area contributed by atoms with Gasteiger partial charge in [-0.3, -0.25) is 0 Å². The van der Waals surface area contributed by atoms with Crippen molar-refractivity contribution in [2.24, 2.45) is 0 Å². The number of nitrogen functional groups attached to an aromatic ring is 1. The van der Waals surface area contributed by atoms with Gasteiger partial charge >= 0.3 is 0 Å². The Morgan fingerprint density at radius 3 is 2.44 bits per heavy atom. The van der Waals surface area contributed by atoms with E-state index < -0.39 is 0 Å². The van der Waals surface area contributed by atoms with E-state index in [0.29, 0.717) is 5.69 Å². The Hall–Kier alpha value is -2.10. The van der Waals surface area contributed by atoms with Gasteiger partial charge in [0.15, 0.2) is 0 Å². The summed E-state index contributed by atoms with van der Waals surface area (Å²) in [6.45, 7) is 1.87. The predicted molar refractivity (Wildman–Crippen MR) is 63.2 cm³/mol. The smallest absolute Gasteiger partial charge is 0.118 e. The zero-order valence-corrected chi connectivity index (χ0v) is 9.27. The van der Waals surface area contributed by atoms with Gasteiger partial charge in [0.1, 0.15) is 12.1 Å². The summed E-state index contributed by atoms with van der Waals surface area (Å²) in [5.74, 6) is 0.813. The minimum Gasteiger partial charge on any atom is -0.497 e. The SMILES string of the molecule is COc1ccc(-c2ncnc(C)c2N)cc1. The molecule has 1 aromatic heterocycles. The van der Waals surface area contributed by atoms with Crippen LogP contribution >= 0.6 is 0 Å². The Bertz CT molecular complexity index is 494. The van der Waals surface area contributed by atoms with Crippen LogP contribution in [-0.4, -0.2) is 17.1 Å². The third-order valence-corrected chi connectivity index (χ3v) is 2.45. The highest BCUT2D eigenvalue weighted by Crippen LogP contribution is 2.26. The van der Waals surface area contributed by atoms with E-state index in [2.05, 4.69) is 9.97 Å². The van der Waals surface area contributed by atoms with Crippen molar-refractivity contribution in [1.82, 2.24) is 9.97 Å². The maximum atomic E-state index is 5.93. The molecule has 82 valence electrons. The Kier molecular flexibility index (Phi) is 2.72. The van der Waals surface area contributed by atoms with Crippen LogP contribution in [0, 0.1) is 6.92 Å². The molecule has 0 atom stereocenters. The fourth-order valence-electron chi connectivity index (χ4n) is 1.46. The van der Waals surface area contributed by atoms with Crippen molar-refractivity contribution < 1.29 is 4.74 Å². The number of anilines is 1. The van der Waals surface area contributed by atoms with E-state index in [1.807, 2.05) is 31.2 Å². The molecule has 0 unspecified atom stereocenters. The number of aryl methyl sites for hydroxylation is 1. The minimum absolute atomic E-state index is 0.618. The van der Waals surface area contributed by atoms with Gasteiger partial charge in [-0.05, 0) is 31.2 Å². The number of ether oxygens (including phenoxy) is 1. The molecule has 1 heterocycles. The van der Waals surface area contributed by atoms with Crippen molar-refractivity contribution in [2.75, 3.05) is 12.8 Å². The zero-order valence-electron chi connectivity index (χ0n) is 9.27. The Labute approximate surface area is 94.1 Å². The standard InChI is InChI=1S/C12H13N3O/c1-8-11(13)12(15-7-14-8)9-3-5-10(16-2)6-4-9/h3-7H,13H2,1-2H3. The summed E-state index contributed by atoms with van der Waals surface area (Å²) < 4.78 is 5.10. The molecule has 0 saturated heterocycles. The first-order valence-corrected chi connectivity index (χ1v) is 4.94. The van der Waals surface area contributed by atoms with Crippen molar-refractivity contribution in [3.8, 4) is 17.0 Å². The van der Waals surface area contributed by atoms with E-state index >= 15 is 0 Å². The fourth-order valence-corrected chi connectivity index (χ4v) is 1.46. The fraction of sp³-hybridized carbons (Fsp3) is 0.167. The molecular formula is C12H13N3O. The van der Waals surface area contributed by atoms with Gasteiger partial charge in [0.2, 0.25) is 0 Å². The lowest BCUT2D eigenvalue weighted by Gasteiger charge is -2.07. The van der Waals surface area contributed by atoms with E-state index in [0.717, 1.165) is 22.7 Å². The first-order chi connectivity index (χ1) is 7.72. The Morgan fingerprint density at radius 1 is 1.12 bits per heavy atom. The summed E-state index contributed by atoms with van der Waals surface area (Å²) in [7, 11) is 1.64. The molecule has 16 heavy (non-hydrogen) atoms. The lowest BCUT2D eigenvalue weighted by atomic mass is 10.1. The van der Waals surface area contributed by atoms with E-state index in [9.17, 15) is 0 Å². The third kappa shape index (κ3) is 1.82. The third-order valence-electron chi connectivity index (χ3n) is 2.45. The molecule has 1 aromatic carbocycles. The normalized spacial score (nSPS) is 10.1. The highest BCUT2D eigenvalue weighted by molar-refractivity contribution is 5.73. The van der Waals surface area contributed by atoms with Gasteiger partial charge in [-0.25, -0.2) is 9.97 Å². The van der Waals surface area contributed by atoms with Gasteiger partial charge in [-0.2, -0.15) is 0 Å². The van der Waals surface area contributed by atoms with E-state index in [1.54, 1.807) is 7.11 Å². The van der Waals surface area contributed by atoms with Crippen LogP contribution < -0.4 is 10.5 Å². The van der Waals surface area contributed by atoms with Crippen molar-refractivity contribution in [1.29, 1.82) is 0 Å². The van der Waals surface area contributed by atoms with Gasteiger partial charge in [0.05, 0.1) is 24.2 Å². The molecule has 4 nitrogen and oxygen atoms in total. The molecule has 0 aliphatic carbocycles. The number of hydrogen-bond donors (Lipinski definition) is 1. The van der Waals surface area contributed by atoms with Gasteiger partial charge in [-0.15, -0.1) is 0 Å². The van der Waals surface area contributed by atoms with Crippen LogP contribution in [0.25, 0.3) is 11.3 Å². The Balaban J connectivity index is 2.46. The van der Waals surface area contributed by atoms with Crippen LogP contribution in [-0.2, 0) is 0 Å². The quantitative estimate of drug-likeness (QED) is 0.832. The zero-order chi connectivity index (χ0) is 11.5. The maximum Gasteiger partial charge on any atom is 0.118 e. The van der Waals surface area contributed by atoms with Crippen LogP contribution in [0.3, 0.4) is 0 Å². The second-order valence-electron chi connectivity index (χ2n) is 3.45. The second kappa shape index (κ2) is 4.18. The number of hydrogen-bond acceptors (Lipinski definition) is 4. The average molecular weight is 215 g/mol. The lowest BCUT2D eigenvalue weighted by Crippen LogP contribution is -1.98. The maximum absolute atomic E-state index is 5.93. The predicted octanol–water partition coefficient (Wildman–Crippen LogP) is 2.04. The Morgan fingerprint density at radius 2 is 1.81 bits per heavy atom. The molecule has 0 saturated carbocycles. The number of rotatable bonds is 2. The van der Waals surface area contributed by atoms with Crippen LogP contribution in [0.15, 0.2) is 30.6 Å². The average Bonchev–Trinajstić information content (AvgIpc) is 2.33. The molecule has 2 aromatic rings. The molecular weight excluding hydrogens is 202 g/mol. The van der Waals surface area contributed by atoms with Crippen LogP contribution in [0.1, 0.15) is 5.69 Å². The molecule has 0 amide bonds. The minimum atomic E-state index is 0.618. The van der Waals surface area contributed by atoms with Crippen molar-refractivity contribution >= 4 is 5.69 Å².